The quantitative estimate of drug-likeness (QED) is 0.699. The first-order valence-electron chi connectivity index (χ1n) is 7.32. The molecule has 0 unspecified atom stereocenters. The van der Waals surface area contributed by atoms with Crippen molar-refractivity contribution in [1.82, 2.24) is 3.97 Å². The molecule has 1 heterocycles. The summed E-state index contributed by atoms with van der Waals surface area (Å²) in [6.07, 6.45) is -0.103. The molecule has 0 aliphatic rings. The number of benzene rings is 2. The Morgan fingerprint density at radius 3 is 2.28 bits per heavy atom. The lowest BCUT2D eigenvalue weighted by atomic mass is 10.2. The number of fused-ring (bicyclic) bond motifs is 1. The second-order valence-corrected chi connectivity index (χ2v) is 8.12. The Morgan fingerprint density at radius 2 is 1.64 bits per heavy atom. The van der Waals surface area contributed by atoms with E-state index < -0.39 is 16.0 Å². The first-order chi connectivity index (χ1) is 11.8. The summed E-state index contributed by atoms with van der Waals surface area (Å²) in [4.78, 5) is 11.0. The monoisotopic (exact) mass is 397 g/mol. The Bertz CT molecular complexity index is 1060. The molecule has 2 aromatic carbocycles. The topological polar surface area (TPSA) is 76.4 Å². The Labute approximate surface area is 154 Å². The highest BCUT2D eigenvalue weighted by atomic mass is 35.5. The molecule has 3 aromatic rings. The highest BCUT2D eigenvalue weighted by Gasteiger charge is 2.23. The lowest BCUT2D eigenvalue weighted by molar-refractivity contribution is -0.136. The highest BCUT2D eigenvalue weighted by Crippen LogP contribution is 2.29. The molecular weight excluding hydrogens is 385 g/mol. The lowest BCUT2D eigenvalue weighted by Gasteiger charge is -2.12. The van der Waals surface area contributed by atoms with Crippen LogP contribution in [-0.4, -0.2) is 23.5 Å². The van der Waals surface area contributed by atoms with Gasteiger partial charge in [-0.15, -0.1) is 0 Å². The van der Waals surface area contributed by atoms with Crippen LogP contribution in [-0.2, 0) is 21.2 Å². The van der Waals surface area contributed by atoms with Crippen molar-refractivity contribution in [1.29, 1.82) is 0 Å². The zero-order chi connectivity index (χ0) is 18.2. The third-order valence-corrected chi connectivity index (χ3v) is 6.01. The van der Waals surface area contributed by atoms with Crippen LogP contribution in [0.5, 0.6) is 0 Å². The normalized spacial score (nSPS) is 11.8. The van der Waals surface area contributed by atoms with E-state index in [-0.39, 0.29) is 17.7 Å². The van der Waals surface area contributed by atoms with Crippen LogP contribution in [0.15, 0.2) is 53.4 Å². The summed E-state index contributed by atoms with van der Waals surface area (Å²) >= 11 is 11.8. The van der Waals surface area contributed by atoms with E-state index in [4.69, 9.17) is 28.3 Å². The maximum atomic E-state index is 13.1. The molecule has 0 fully saturated rings. The number of carboxylic acids is 1. The minimum Gasteiger partial charge on any atom is -0.481 e. The molecule has 0 saturated heterocycles. The van der Waals surface area contributed by atoms with Gasteiger partial charge in [0.2, 0.25) is 0 Å². The molecule has 130 valence electrons. The van der Waals surface area contributed by atoms with E-state index in [0.29, 0.717) is 26.6 Å². The van der Waals surface area contributed by atoms with Gasteiger partial charge in [-0.05, 0) is 55.0 Å². The molecule has 0 bridgehead atoms. The summed E-state index contributed by atoms with van der Waals surface area (Å²) in [7, 11) is -3.91. The molecule has 1 aromatic heterocycles. The number of rotatable bonds is 5. The van der Waals surface area contributed by atoms with Crippen LogP contribution in [0.1, 0.15) is 12.1 Å². The maximum Gasteiger partial charge on any atom is 0.303 e. The number of nitrogens with zero attached hydrogens (tertiary/aromatic N) is 1. The molecule has 0 aliphatic heterocycles. The molecule has 3 rings (SSSR count). The number of aryl methyl sites for hydroxylation is 1. The summed E-state index contributed by atoms with van der Waals surface area (Å²) in [6.45, 7) is 0. The smallest absolute Gasteiger partial charge is 0.303 e. The number of carboxylic acid groups (broad SMARTS) is 1. The predicted molar refractivity (Wildman–Crippen MR) is 96.9 cm³/mol. The Hall–Kier alpha value is -2.02. The zero-order valence-electron chi connectivity index (χ0n) is 12.8. The first-order valence-corrected chi connectivity index (χ1v) is 9.51. The van der Waals surface area contributed by atoms with Crippen molar-refractivity contribution >= 4 is 50.1 Å². The minimum atomic E-state index is -3.91. The van der Waals surface area contributed by atoms with Gasteiger partial charge < -0.3 is 5.11 Å². The van der Waals surface area contributed by atoms with Crippen LogP contribution in [0, 0.1) is 0 Å². The molecule has 0 spiro atoms. The van der Waals surface area contributed by atoms with Crippen molar-refractivity contribution in [2.75, 3.05) is 0 Å². The third-order valence-electron chi connectivity index (χ3n) is 3.74. The Kier molecular flexibility index (Phi) is 4.77. The van der Waals surface area contributed by atoms with Crippen LogP contribution in [0.4, 0.5) is 0 Å². The van der Waals surface area contributed by atoms with Gasteiger partial charge in [0.05, 0.1) is 16.8 Å². The number of aliphatic carboxylic acids is 1. The van der Waals surface area contributed by atoms with Crippen molar-refractivity contribution in [2.45, 2.75) is 17.7 Å². The van der Waals surface area contributed by atoms with Crippen LogP contribution < -0.4 is 0 Å². The van der Waals surface area contributed by atoms with Crippen molar-refractivity contribution in [3.05, 3.63) is 64.3 Å². The molecular formula is C17H13Cl2NO4S. The molecule has 5 nitrogen and oxygen atoms in total. The Morgan fingerprint density at radius 1 is 1.00 bits per heavy atom. The van der Waals surface area contributed by atoms with Gasteiger partial charge in [-0.2, -0.15) is 0 Å². The fourth-order valence-corrected chi connectivity index (χ4v) is 4.50. The van der Waals surface area contributed by atoms with Gasteiger partial charge >= 0.3 is 5.97 Å². The second kappa shape index (κ2) is 6.71. The molecule has 1 N–H and O–H groups in total. The minimum absolute atomic E-state index is 0.0703. The van der Waals surface area contributed by atoms with E-state index in [1.54, 1.807) is 24.3 Å². The van der Waals surface area contributed by atoms with Gasteiger partial charge in [0.1, 0.15) is 0 Å². The van der Waals surface area contributed by atoms with E-state index in [2.05, 4.69) is 0 Å². The fourth-order valence-electron chi connectivity index (χ4n) is 2.62. The average molecular weight is 398 g/mol. The van der Waals surface area contributed by atoms with E-state index in [0.717, 1.165) is 0 Å². The van der Waals surface area contributed by atoms with E-state index in [1.165, 1.54) is 28.2 Å². The van der Waals surface area contributed by atoms with Gasteiger partial charge in [0.15, 0.2) is 0 Å². The number of halogens is 2. The molecule has 0 atom stereocenters. The standard InChI is InChI=1S/C17H13Cl2NO4S/c18-12-1-5-15(6-2-12)25(23,24)20-14(4-8-17(21)22)10-11-9-13(19)3-7-16(11)20/h1-3,5-7,9-10H,4,8H2,(H,21,22). The van der Waals surface area contributed by atoms with Gasteiger partial charge in [0.25, 0.3) is 10.0 Å². The number of aromatic nitrogens is 1. The number of carbonyl (C=O) groups is 1. The van der Waals surface area contributed by atoms with E-state index in [1.807, 2.05) is 0 Å². The number of hydrogen-bond donors (Lipinski definition) is 1. The van der Waals surface area contributed by atoms with Gasteiger partial charge in [-0.1, -0.05) is 23.2 Å². The summed E-state index contributed by atoms with van der Waals surface area (Å²) < 4.78 is 27.4. The third kappa shape index (κ3) is 3.51. The first kappa shape index (κ1) is 17.8. The van der Waals surface area contributed by atoms with Gasteiger partial charge in [0, 0.05) is 21.1 Å². The summed E-state index contributed by atoms with van der Waals surface area (Å²) in [5.74, 6) is -1.00. The average Bonchev–Trinajstić information content (AvgIpc) is 2.91. The van der Waals surface area contributed by atoms with Crippen LogP contribution in [0.25, 0.3) is 10.9 Å². The van der Waals surface area contributed by atoms with Gasteiger partial charge in [-0.3, -0.25) is 4.79 Å². The lowest BCUT2D eigenvalue weighted by Crippen LogP contribution is -2.16. The summed E-state index contributed by atoms with van der Waals surface area (Å²) in [5, 5.41) is 10.5. The van der Waals surface area contributed by atoms with Crippen LogP contribution in [0.2, 0.25) is 10.0 Å². The molecule has 0 amide bonds. The molecule has 25 heavy (non-hydrogen) atoms. The molecule has 0 saturated carbocycles. The number of hydrogen-bond acceptors (Lipinski definition) is 3. The van der Waals surface area contributed by atoms with Crippen LogP contribution >= 0.6 is 23.2 Å². The van der Waals surface area contributed by atoms with Crippen molar-refractivity contribution in [2.24, 2.45) is 0 Å². The fraction of sp³-hybridized carbons (Fsp3) is 0.118. The molecule has 0 aliphatic carbocycles. The van der Waals surface area contributed by atoms with Crippen molar-refractivity contribution in [3.63, 3.8) is 0 Å². The summed E-state index contributed by atoms with van der Waals surface area (Å²) in [5.41, 5.74) is 0.828. The molecule has 0 radical (unpaired) electrons. The van der Waals surface area contributed by atoms with Crippen molar-refractivity contribution in [3.8, 4) is 0 Å². The molecule has 8 heteroatoms. The van der Waals surface area contributed by atoms with E-state index in [9.17, 15) is 13.2 Å². The highest BCUT2D eigenvalue weighted by molar-refractivity contribution is 7.90. The maximum absolute atomic E-state index is 13.1. The van der Waals surface area contributed by atoms with E-state index >= 15 is 0 Å². The summed E-state index contributed by atoms with van der Waals surface area (Å²) in [6, 6.07) is 12.3. The van der Waals surface area contributed by atoms with Crippen LogP contribution in [0.3, 0.4) is 0 Å². The largest absolute Gasteiger partial charge is 0.481 e. The van der Waals surface area contributed by atoms with Crippen molar-refractivity contribution < 1.29 is 18.3 Å². The Balaban J connectivity index is 2.23. The van der Waals surface area contributed by atoms with Gasteiger partial charge in [-0.25, -0.2) is 12.4 Å². The SMILES string of the molecule is O=C(O)CCc1cc2cc(Cl)ccc2n1S(=O)(=O)c1ccc(Cl)cc1. The zero-order valence-corrected chi connectivity index (χ0v) is 15.1. The predicted octanol–water partition coefficient (Wildman–Crippen LogP) is 4.20. The second-order valence-electron chi connectivity index (χ2n) is 5.46.